The van der Waals surface area contributed by atoms with Gasteiger partial charge < -0.3 is 15.3 Å². The normalized spacial score (nSPS) is 13.3. The predicted octanol–water partition coefficient (Wildman–Crippen LogP) is 12.0. The molecule has 0 radical (unpaired) electrons. The molecule has 0 atom stereocenters. The van der Waals surface area contributed by atoms with E-state index in [-0.39, 0.29) is 67.1 Å². The Morgan fingerprint density at radius 1 is 0.223 bits per heavy atom. The van der Waals surface area contributed by atoms with Crippen LogP contribution in [-0.4, -0.2) is 128 Å². The molecule has 0 saturated carbocycles. The molecule has 6 N–H and O–H groups in total. The SMILES string of the molecule is CC(C)(C)c1cc([O-])cc(C(C)(C)C)c1.CC(C)(C)c1cc([O-])cc(C(C)(C)C)c1.CC(C)(C)c1cc([O-])cc(C(C)(C)C)c1.O=S(=O)(O)C(F)(F)F.O=S(=O)(O)C(F)(F)F.O=S(=O)(O)C(F)(F)F.O=S(=O)(O)C(F)(F)F.O=S(=O)(O)C(F)(F)F.O=S(=O)(O)C(F)(F)F.[Al+3]. The van der Waals surface area contributed by atoms with Gasteiger partial charge in [-0.15, -0.1) is 17.2 Å². The average Bonchev–Trinajstić information content (AvgIpc) is 0.892. The predicted molar refractivity (Wildman–Crippen MR) is 301 cm³/mol. The summed E-state index contributed by atoms with van der Waals surface area (Å²) in [6, 6.07) is 16.9. The van der Waals surface area contributed by atoms with Crippen LogP contribution in [0.15, 0.2) is 54.6 Å². The topological polar surface area (TPSA) is 395 Å². The Kier molecular flexibility index (Phi) is 38.5. The zero-order valence-corrected chi connectivity index (χ0v) is 58.4. The summed E-state index contributed by atoms with van der Waals surface area (Å²) in [5.41, 5.74) is -26.2. The van der Waals surface area contributed by atoms with Gasteiger partial charge >= 0.3 is 111 Å². The van der Waals surface area contributed by atoms with Crippen molar-refractivity contribution in [2.45, 2.75) is 190 Å². The fourth-order valence-electron chi connectivity index (χ4n) is 4.40. The third kappa shape index (κ3) is 44.6. The summed E-state index contributed by atoms with van der Waals surface area (Å²) in [6.07, 6.45) is 0. The van der Waals surface area contributed by atoms with Gasteiger partial charge in [0.25, 0.3) is 0 Å². The maximum atomic E-state index is 11.6. The minimum Gasteiger partial charge on any atom is -0.872 e. The van der Waals surface area contributed by atoms with Gasteiger partial charge in [-0.1, -0.05) is 179 Å². The molecule has 21 nitrogen and oxygen atoms in total. The molecular formula is C48H69AlF18O21S6. The van der Waals surface area contributed by atoms with Crippen LogP contribution in [0.4, 0.5) is 79.0 Å². The molecule has 0 fully saturated rings. The summed E-state index contributed by atoms with van der Waals surface area (Å²) in [7, 11) is -35.0. The van der Waals surface area contributed by atoms with Crippen molar-refractivity contribution in [2.75, 3.05) is 0 Å². The van der Waals surface area contributed by atoms with E-state index in [4.69, 9.17) is 77.8 Å². The number of alkyl halides is 18. The van der Waals surface area contributed by atoms with Crippen molar-refractivity contribution in [3.8, 4) is 17.2 Å². The Labute approximate surface area is 543 Å². The standard InChI is InChI=1S/3C14H22O.6CHF3O3S.Al/c3*1-13(2,3)10-7-11(14(4,5)6)9-12(15)8-10;6*2-1(3,4)8(5,6)7;/h3*7-9,15H,1-6H3;6*(H,5,6,7);/q;;;;;;;;;+3/p-3. The van der Waals surface area contributed by atoms with Crippen molar-refractivity contribution >= 4 is 78.1 Å². The van der Waals surface area contributed by atoms with E-state index in [0.717, 1.165) is 33.4 Å². The minimum atomic E-state index is -5.84. The first-order chi connectivity index (χ1) is 39.3. The maximum absolute atomic E-state index is 11.6. The van der Waals surface area contributed by atoms with E-state index in [1.807, 2.05) is 0 Å². The Bertz CT molecular complexity index is 2970. The molecule has 0 unspecified atom stereocenters. The van der Waals surface area contributed by atoms with Crippen molar-refractivity contribution in [3.05, 3.63) is 88.0 Å². The largest absolute Gasteiger partial charge is 3.00 e. The molecule has 94 heavy (non-hydrogen) atoms. The smallest absolute Gasteiger partial charge is 0.872 e. The molecular weight excluding hydrogens is 1470 g/mol. The molecule has 0 spiro atoms. The van der Waals surface area contributed by atoms with Crippen LogP contribution < -0.4 is 15.3 Å². The maximum Gasteiger partial charge on any atom is 3.00 e. The van der Waals surface area contributed by atoms with Gasteiger partial charge in [-0.05, 0) is 65.9 Å². The van der Waals surface area contributed by atoms with Crippen LogP contribution >= 0.6 is 0 Å². The number of hydrogen-bond donors (Lipinski definition) is 6. The summed E-state index contributed by atoms with van der Waals surface area (Å²) in [5.74, 6) is 0.354. The Balaban J connectivity index is -0.000000184. The minimum absolute atomic E-state index is 0. The molecule has 0 aliphatic heterocycles. The van der Waals surface area contributed by atoms with Crippen molar-refractivity contribution in [2.24, 2.45) is 0 Å². The molecule has 0 amide bonds. The second-order valence-corrected chi connectivity index (χ2v) is 32.7. The van der Waals surface area contributed by atoms with Gasteiger partial charge in [0.2, 0.25) is 0 Å². The first-order valence-corrected chi connectivity index (χ1v) is 32.7. The molecule has 0 aromatic heterocycles. The second kappa shape index (κ2) is 35.0. The van der Waals surface area contributed by atoms with E-state index in [9.17, 15) is 94.3 Å². The van der Waals surface area contributed by atoms with Crippen LogP contribution in [0.2, 0.25) is 0 Å². The van der Waals surface area contributed by atoms with Crippen LogP contribution in [0.3, 0.4) is 0 Å². The van der Waals surface area contributed by atoms with Gasteiger partial charge in [0.1, 0.15) is 0 Å². The first kappa shape index (κ1) is 103. The van der Waals surface area contributed by atoms with E-state index >= 15 is 0 Å². The van der Waals surface area contributed by atoms with Crippen molar-refractivity contribution < 1.29 is 172 Å². The quantitative estimate of drug-likeness (QED) is 0.0527. The Hall–Kier alpha value is -4.21. The Morgan fingerprint density at radius 3 is 0.330 bits per heavy atom. The summed E-state index contributed by atoms with van der Waals surface area (Å²) in [5, 5.41) is 34.8. The van der Waals surface area contributed by atoms with E-state index in [1.54, 1.807) is 36.4 Å². The van der Waals surface area contributed by atoms with Crippen LogP contribution in [-0.2, 0) is 93.2 Å². The molecule has 552 valence electrons. The van der Waals surface area contributed by atoms with Gasteiger partial charge in [0.05, 0.1) is 0 Å². The molecule has 0 saturated heterocycles. The number of rotatable bonds is 0. The van der Waals surface area contributed by atoms with Gasteiger partial charge in [-0.25, -0.2) is 0 Å². The monoisotopic (exact) mass is 1540 g/mol. The summed E-state index contributed by atoms with van der Waals surface area (Å²) >= 11 is 0. The molecule has 0 heterocycles. The van der Waals surface area contributed by atoms with E-state index in [1.165, 1.54) is 0 Å². The summed E-state index contributed by atoms with van der Waals surface area (Å²) in [4.78, 5) is 0. The van der Waals surface area contributed by atoms with E-state index < -0.39 is 93.8 Å². The van der Waals surface area contributed by atoms with Gasteiger partial charge in [0.15, 0.2) is 0 Å². The average molecular weight is 1540 g/mol. The number of benzene rings is 3. The molecule has 0 aliphatic rings. The zero-order chi connectivity index (χ0) is 77.6. The van der Waals surface area contributed by atoms with Gasteiger partial charge in [0, 0.05) is 0 Å². The van der Waals surface area contributed by atoms with Crippen LogP contribution in [0.5, 0.6) is 17.2 Å². The Morgan fingerprint density at radius 2 is 0.287 bits per heavy atom. The molecule has 3 rings (SSSR count). The fraction of sp³-hybridized carbons (Fsp3) is 0.625. The summed E-state index contributed by atoms with van der Waals surface area (Å²) < 4.78 is 345. The zero-order valence-electron chi connectivity index (χ0n) is 52.3. The molecule has 3 aromatic carbocycles. The third-order valence-electron chi connectivity index (χ3n) is 9.67. The van der Waals surface area contributed by atoms with Crippen molar-refractivity contribution in [3.63, 3.8) is 0 Å². The third-order valence-corrected chi connectivity index (χ3v) is 13.2. The van der Waals surface area contributed by atoms with Gasteiger partial charge in [-0.2, -0.15) is 130 Å². The first-order valence-electron chi connectivity index (χ1n) is 24.0. The van der Waals surface area contributed by atoms with Crippen LogP contribution in [0.1, 0.15) is 158 Å². The summed E-state index contributed by atoms with van der Waals surface area (Å²) in [6.45, 7) is 38.4. The van der Waals surface area contributed by atoms with Crippen molar-refractivity contribution in [1.29, 1.82) is 0 Å². The second-order valence-electron chi connectivity index (χ2n) is 24.3. The van der Waals surface area contributed by atoms with Crippen molar-refractivity contribution in [1.82, 2.24) is 0 Å². The molecule has 46 heteroatoms. The molecule has 0 bridgehead atoms. The number of halogens is 18. The molecule has 3 aromatic rings. The van der Waals surface area contributed by atoms with E-state index in [2.05, 4.69) is 143 Å². The van der Waals surface area contributed by atoms with Crippen LogP contribution in [0.25, 0.3) is 0 Å². The fourth-order valence-corrected chi connectivity index (χ4v) is 4.40. The van der Waals surface area contributed by atoms with E-state index in [0.29, 0.717) is 0 Å². The van der Waals surface area contributed by atoms with Crippen LogP contribution in [0, 0.1) is 0 Å². The van der Waals surface area contributed by atoms with Gasteiger partial charge in [-0.3, -0.25) is 27.3 Å². The number of hydrogen-bond acceptors (Lipinski definition) is 15. The molecule has 0 aliphatic carbocycles.